The largest absolute Gasteiger partial charge is 0.384 e. The van der Waals surface area contributed by atoms with Gasteiger partial charge in [-0.25, -0.2) is 4.98 Å². The first kappa shape index (κ1) is 24.3. The molecule has 2 saturated heterocycles. The number of rotatable bonds is 5. The molecule has 1 amide bonds. The Morgan fingerprint density at radius 2 is 1.87 bits per heavy atom. The van der Waals surface area contributed by atoms with Crippen molar-refractivity contribution in [2.45, 2.75) is 70.1 Å². The molecule has 0 spiro atoms. The minimum absolute atomic E-state index is 0.00702. The molecule has 0 unspecified atom stereocenters. The zero-order chi connectivity index (χ0) is 26.8. The average Bonchev–Trinajstić information content (AvgIpc) is 3.61. The number of hydrogen-bond acceptors (Lipinski definition) is 7. The molecule has 6 rings (SSSR count). The second-order valence-corrected chi connectivity index (χ2v) is 11.0. The van der Waals surface area contributed by atoms with Crippen LogP contribution < -0.4 is 5.73 Å². The maximum absolute atomic E-state index is 13.2. The lowest BCUT2D eigenvalue weighted by Crippen LogP contribution is -2.46. The predicted molar refractivity (Wildman–Crippen MR) is 142 cm³/mol. The summed E-state index contributed by atoms with van der Waals surface area (Å²) in [6.45, 7) is 4.88. The molecule has 2 aliphatic heterocycles. The van der Waals surface area contributed by atoms with E-state index >= 15 is 0 Å². The van der Waals surface area contributed by atoms with Gasteiger partial charge in [-0.05, 0) is 58.6 Å². The van der Waals surface area contributed by atoms with Crippen molar-refractivity contribution in [2.24, 2.45) is 0 Å². The Labute approximate surface area is 219 Å². The van der Waals surface area contributed by atoms with Gasteiger partial charge in [-0.2, -0.15) is 9.61 Å². The number of aromatic amines is 1. The average molecular weight is 514 g/mol. The van der Waals surface area contributed by atoms with Gasteiger partial charge in [0.15, 0.2) is 11.4 Å². The van der Waals surface area contributed by atoms with Crippen molar-refractivity contribution in [3.8, 4) is 11.1 Å². The molecule has 0 saturated carbocycles. The summed E-state index contributed by atoms with van der Waals surface area (Å²) in [5.74, 6) is 0.153. The number of aromatic nitrogens is 5. The SMILES string of the molecule is CC(=O)c1c([C@H]2C[C@H]3CC[C@@H](C2)N3C(=O)c2cc[nH]c2)nc2c(-c3ccc(C(C)(C)O)nc3)cnn2c1N. The van der Waals surface area contributed by atoms with Gasteiger partial charge in [0.25, 0.3) is 5.91 Å². The zero-order valence-corrected chi connectivity index (χ0v) is 21.7. The van der Waals surface area contributed by atoms with Crippen LogP contribution in [0, 0.1) is 0 Å². The molecule has 4 aromatic rings. The summed E-state index contributed by atoms with van der Waals surface area (Å²) < 4.78 is 1.51. The number of amides is 1. The highest BCUT2D eigenvalue weighted by Gasteiger charge is 2.45. The number of piperidine rings is 1. The molecule has 0 radical (unpaired) electrons. The molecular weight excluding hydrogens is 482 g/mol. The molecule has 0 aromatic carbocycles. The number of hydrogen-bond donors (Lipinski definition) is 3. The van der Waals surface area contributed by atoms with E-state index in [9.17, 15) is 14.7 Å². The number of ketones is 1. The Morgan fingerprint density at radius 3 is 2.45 bits per heavy atom. The number of fused-ring (bicyclic) bond motifs is 3. The number of H-pyrrole nitrogens is 1. The fourth-order valence-electron chi connectivity index (χ4n) is 6.15. The van der Waals surface area contributed by atoms with Crippen LogP contribution in [0.5, 0.6) is 0 Å². The lowest BCUT2D eigenvalue weighted by molar-refractivity contribution is 0.0568. The Bertz CT molecular complexity index is 1520. The predicted octanol–water partition coefficient (Wildman–Crippen LogP) is 3.68. The number of Topliss-reactive ketones (excluding diaryl/α,β-unsaturated/α-hetero) is 1. The van der Waals surface area contributed by atoms with Gasteiger partial charge in [0, 0.05) is 47.7 Å². The molecule has 2 aliphatic rings. The van der Waals surface area contributed by atoms with Gasteiger partial charge >= 0.3 is 0 Å². The van der Waals surface area contributed by atoms with Crippen molar-refractivity contribution in [2.75, 3.05) is 5.73 Å². The first-order valence-electron chi connectivity index (χ1n) is 13.0. The molecule has 3 atom stereocenters. The number of nitrogen functional groups attached to an aromatic ring is 1. The molecule has 10 nitrogen and oxygen atoms in total. The topological polar surface area (TPSA) is 142 Å². The summed E-state index contributed by atoms with van der Waals surface area (Å²) in [6.07, 6.45) is 10.2. The van der Waals surface area contributed by atoms with Crippen molar-refractivity contribution >= 4 is 23.2 Å². The van der Waals surface area contributed by atoms with E-state index in [1.54, 1.807) is 44.7 Å². The minimum atomic E-state index is -1.05. The molecule has 2 bridgehead atoms. The molecular formula is C28H31N7O3. The number of aliphatic hydroxyl groups is 1. The normalized spacial score (nSPS) is 21.3. The molecule has 4 N–H and O–H groups in total. The maximum atomic E-state index is 13.2. The fourth-order valence-corrected chi connectivity index (χ4v) is 6.15. The molecule has 2 fully saturated rings. The minimum Gasteiger partial charge on any atom is -0.384 e. The van der Waals surface area contributed by atoms with E-state index in [-0.39, 0.29) is 35.5 Å². The summed E-state index contributed by atoms with van der Waals surface area (Å²) in [5, 5.41) is 14.7. The third-order valence-electron chi connectivity index (χ3n) is 7.96. The van der Waals surface area contributed by atoms with Crippen LogP contribution in [0.4, 0.5) is 5.82 Å². The van der Waals surface area contributed by atoms with Gasteiger partial charge in [0.1, 0.15) is 11.4 Å². The highest BCUT2D eigenvalue weighted by Crippen LogP contribution is 2.45. The van der Waals surface area contributed by atoms with Crippen molar-refractivity contribution in [3.63, 3.8) is 0 Å². The first-order valence-corrected chi connectivity index (χ1v) is 13.0. The van der Waals surface area contributed by atoms with Gasteiger partial charge < -0.3 is 20.7 Å². The zero-order valence-electron chi connectivity index (χ0n) is 21.7. The van der Waals surface area contributed by atoms with Gasteiger partial charge in [0.05, 0.1) is 28.7 Å². The second-order valence-electron chi connectivity index (χ2n) is 11.0. The van der Waals surface area contributed by atoms with E-state index in [0.717, 1.165) is 36.8 Å². The monoisotopic (exact) mass is 513 g/mol. The van der Waals surface area contributed by atoms with Crippen LogP contribution in [0.1, 0.15) is 84.5 Å². The number of nitrogens with zero attached hydrogens (tertiary/aromatic N) is 5. The van der Waals surface area contributed by atoms with Crippen molar-refractivity contribution < 1.29 is 14.7 Å². The highest BCUT2D eigenvalue weighted by molar-refractivity contribution is 6.00. The fraction of sp³-hybridized carbons (Fsp3) is 0.393. The third kappa shape index (κ3) is 3.87. The maximum Gasteiger partial charge on any atom is 0.255 e. The lowest BCUT2D eigenvalue weighted by atomic mass is 9.85. The van der Waals surface area contributed by atoms with E-state index < -0.39 is 5.60 Å². The van der Waals surface area contributed by atoms with Crippen molar-refractivity contribution in [1.82, 2.24) is 29.5 Å². The van der Waals surface area contributed by atoms with E-state index in [2.05, 4.69) is 15.1 Å². The summed E-state index contributed by atoms with van der Waals surface area (Å²) in [4.78, 5) is 40.5. The smallest absolute Gasteiger partial charge is 0.255 e. The summed E-state index contributed by atoms with van der Waals surface area (Å²) in [7, 11) is 0. The van der Waals surface area contributed by atoms with E-state index in [4.69, 9.17) is 10.7 Å². The molecule has 6 heterocycles. The molecule has 0 aliphatic carbocycles. The summed E-state index contributed by atoms with van der Waals surface area (Å²) >= 11 is 0. The number of nitrogens with one attached hydrogen (secondary N) is 1. The van der Waals surface area contributed by atoms with Gasteiger partial charge in [0.2, 0.25) is 0 Å². The number of pyridine rings is 1. The van der Waals surface area contributed by atoms with Crippen molar-refractivity contribution in [3.05, 3.63) is 65.5 Å². The number of nitrogens with two attached hydrogens (primary N) is 1. The molecule has 38 heavy (non-hydrogen) atoms. The van der Waals surface area contributed by atoms with Crippen LogP contribution in [0.15, 0.2) is 43.0 Å². The quantitative estimate of drug-likeness (QED) is 0.346. The third-order valence-corrected chi connectivity index (χ3v) is 7.96. The van der Waals surface area contributed by atoms with Gasteiger partial charge in [-0.15, -0.1) is 0 Å². The van der Waals surface area contributed by atoms with E-state index in [1.165, 1.54) is 11.4 Å². The van der Waals surface area contributed by atoms with Crippen molar-refractivity contribution in [1.29, 1.82) is 0 Å². The number of carbonyl (C=O) groups excluding carboxylic acids is 2. The van der Waals surface area contributed by atoms with Gasteiger partial charge in [-0.3, -0.25) is 14.6 Å². The summed E-state index contributed by atoms with van der Waals surface area (Å²) in [6, 6.07) is 5.63. The Hall–Kier alpha value is -4.05. The highest BCUT2D eigenvalue weighted by atomic mass is 16.3. The Kier molecular flexibility index (Phi) is 5.60. The van der Waals surface area contributed by atoms with Gasteiger partial charge in [-0.1, -0.05) is 6.07 Å². The van der Waals surface area contributed by atoms with Crippen LogP contribution in [0.25, 0.3) is 16.8 Å². The molecule has 4 aromatic heterocycles. The van der Waals surface area contributed by atoms with E-state index in [1.807, 2.05) is 17.0 Å². The standard InChI is InChI=1S/C28H31N7O3/c1-15(36)23-24(18-10-19-5-6-20(11-18)34(19)27(37)17-8-9-30-12-17)33-26-21(14-32-35(26)25(23)29)16-4-7-22(31-13-16)28(2,3)38/h4,7-9,12-14,18-20,30,38H,5-6,10-11,29H2,1-3H3/t18-,19+,20-. The number of carbonyl (C=O) groups is 2. The second kappa shape index (κ2) is 8.76. The lowest BCUT2D eigenvalue weighted by Gasteiger charge is -2.39. The van der Waals surface area contributed by atoms with Crippen LogP contribution in [-0.4, -0.2) is 58.3 Å². The van der Waals surface area contributed by atoms with Crippen LogP contribution in [-0.2, 0) is 5.60 Å². The van der Waals surface area contributed by atoms with Crippen LogP contribution in [0.2, 0.25) is 0 Å². The molecule has 10 heteroatoms. The Balaban J connectivity index is 1.39. The Morgan fingerprint density at radius 1 is 1.13 bits per heavy atom. The summed E-state index contributed by atoms with van der Waals surface area (Å²) in [5.41, 5.74) is 9.88. The number of anilines is 1. The van der Waals surface area contributed by atoms with Crippen LogP contribution >= 0.6 is 0 Å². The van der Waals surface area contributed by atoms with Crippen LogP contribution in [0.3, 0.4) is 0 Å². The molecule has 196 valence electrons. The first-order chi connectivity index (χ1) is 18.1. The van der Waals surface area contributed by atoms with E-state index in [0.29, 0.717) is 28.2 Å².